The third-order valence-electron chi connectivity index (χ3n) is 2.32. The minimum atomic E-state index is 0.834. The van der Waals surface area contributed by atoms with E-state index in [4.69, 9.17) is 4.74 Å². The van der Waals surface area contributed by atoms with Crippen LogP contribution in [0.15, 0.2) is 49.2 Å². The summed E-state index contributed by atoms with van der Waals surface area (Å²) < 4.78 is 5.18. The molecule has 2 rings (SSSR count). The van der Waals surface area contributed by atoms with E-state index in [0.717, 1.165) is 12.2 Å². The van der Waals surface area contributed by atoms with Crippen molar-refractivity contribution in [1.82, 2.24) is 0 Å². The van der Waals surface area contributed by atoms with Gasteiger partial charge in [-0.3, -0.25) is 0 Å². The topological polar surface area (TPSA) is 9.23 Å². The highest BCUT2D eigenvalue weighted by molar-refractivity contribution is 7.11. The molecule has 2 aromatic rings. The summed E-state index contributed by atoms with van der Waals surface area (Å²) in [6, 6.07) is 12.5. The molecule has 1 aromatic heterocycles. The van der Waals surface area contributed by atoms with Gasteiger partial charge in [0.1, 0.15) is 5.75 Å². The first-order valence-corrected chi connectivity index (χ1v) is 6.01. The maximum atomic E-state index is 5.18. The van der Waals surface area contributed by atoms with Crippen LogP contribution in [0.3, 0.4) is 0 Å². The molecule has 82 valence electrons. The lowest BCUT2D eigenvalue weighted by Gasteiger charge is -2.02. The van der Waals surface area contributed by atoms with E-state index in [9.17, 15) is 0 Å². The van der Waals surface area contributed by atoms with Crippen LogP contribution in [0.2, 0.25) is 0 Å². The van der Waals surface area contributed by atoms with Crippen LogP contribution in [0, 0.1) is 6.92 Å². The molecule has 1 nitrogen and oxygen atoms in total. The molecule has 0 radical (unpaired) electrons. The molecule has 0 unspecified atom stereocenters. The van der Waals surface area contributed by atoms with Crippen LogP contribution in [0.25, 0.3) is 0 Å². The van der Waals surface area contributed by atoms with Crippen LogP contribution in [-0.4, -0.2) is 0 Å². The van der Waals surface area contributed by atoms with Gasteiger partial charge in [0.15, 0.2) is 0 Å². The molecular weight excluding hydrogens is 216 g/mol. The van der Waals surface area contributed by atoms with E-state index in [0.29, 0.717) is 0 Å². The largest absolute Gasteiger partial charge is 0.466 e. The second kappa shape index (κ2) is 4.99. The zero-order chi connectivity index (χ0) is 11.4. The molecule has 1 aromatic carbocycles. The monoisotopic (exact) mass is 230 g/mol. The SMILES string of the molecule is C=COc1ccc(Cc2ccc(C)s2)cc1. The van der Waals surface area contributed by atoms with E-state index < -0.39 is 0 Å². The number of hydrogen-bond acceptors (Lipinski definition) is 2. The Labute approximate surface area is 100 Å². The fourth-order valence-electron chi connectivity index (χ4n) is 1.56. The van der Waals surface area contributed by atoms with E-state index in [1.54, 1.807) is 0 Å². The first-order chi connectivity index (χ1) is 7.78. The molecule has 2 heteroatoms. The third-order valence-corrected chi connectivity index (χ3v) is 3.32. The van der Waals surface area contributed by atoms with Crippen molar-refractivity contribution in [3.8, 4) is 5.75 Å². The van der Waals surface area contributed by atoms with Gasteiger partial charge in [-0.2, -0.15) is 0 Å². The van der Waals surface area contributed by atoms with E-state index in [1.165, 1.54) is 21.6 Å². The predicted molar refractivity (Wildman–Crippen MR) is 69.1 cm³/mol. The Morgan fingerprint density at radius 3 is 2.50 bits per heavy atom. The van der Waals surface area contributed by atoms with Crippen LogP contribution in [0.5, 0.6) is 5.75 Å². The van der Waals surface area contributed by atoms with Gasteiger partial charge < -0.3 is 4.74 Å². The van der Waals surface area contributed by atoms with E-state index in [1.807, 2.05) is 23.5 Å². The molecule has 0 aliphatic carbocycles. The Balaban J connectivity index is 2.07. The second-order valence-corrected chi connectivity index (χ2v) is 4.99. The molecule has 0 fully saturated rings. The first kappa shape index (κ1) is 11.0. The van der Waals surface area contributed by atoms with Crippen LogP contribution in [0.4, 0.5) is 0 Å². The maximum absolute atomic E-state index is 5.18. The van der Waals surface area contributed by atoms with Gasteiger partial charge in [0.25, 0.3) is 0 Å². The summed E-state index contributed by atoms with van der Waals surface area (Å²) in [5, 5.41) is 0. The Morgan fingerprint density at radius 2 is 1.94 bits per heavy atom. The molecule has 0 N–H and O–H groups in total. The zero-order valence-electron chi connectivity index (χ0n) is 9.27. The number of rotatable bonds is 4. The van der Waals surface area contributed by atoms with Gasteiger partial charge in [-0.05, 0) is 36.8 Å². The van der Waals surface area contributed by atoms with Gasteiger partial charge in [-0.25, -0.2) is 0 Å². The molecule has 0 aliphatic heterocycles. The molecule has 0 saturated carbocycles. The van der Waals surface area contributed by atoms with Crippen molar-refractivity contribution in [3.63, 3.8) is 0 Å². The molecule has 0 bridgehead atoms. The second-order valence-electron chi connectivity index (χ2n) is 3.62. The Hall–Kier alpha value is -1.54. The van der Waals surface area contributed by atoms with Gasteiger partial charge >= 0.3 is 0 Å². The quantitative estimate of drug-likeness (QED) is 0.716. The van der Waals surface area contributed by atoms with Crippen molar-refractivity contribution in [1.29, 1.82) is 0 Å². The number of hydrogen-bond donors (Lipinski definition) is 0. The average Bonchev–Trinajstić information content (AvgIpc) is 2.67. The summed E-state index contributed by atoms with van der Waals surface area (Å²) >= 11 is 1.85. The summed E-state index contributed by atoms with van der Waals surface area (Å²) in [7, 11) is 0. The van der Waals surface area contributed by atoms with Crippen molar-refractivity contribution >= 4 is 11.3 Å². The Bertz CT molecular complexity index is 468. The lowest BCUT2D eigenvalue weighted by atomic mass is 10.1. The first-order valence-electron chi connectivity index (χ1n) is 5.20. The fourth-order valence-corrected chi connectivity index (χ4v) is 2.49. The van der Waals surface area contributed by atoms with Crippen LogP contribution in [0.1, 0.15) is 15.3 Å². The van der Waals surface area contributed by atoms with Crippen molar-refractivity contribution in [2.24, 2.45) is 0 Å². The molecular formula is C14H14OS. The normalized spacial score (nSPS) is 10.1. The summed E-state index contributed by atoms with van der Waals surface area (Å²) in [5.41, 5.74) is 1.30. The Kier molecular flexibility index (Phi) is 3.42. The maximum Gasteiger partial charge on any atom is 0.126 e. The van der Waals surface area contributed by atoms with Gasteiger partial charge in [0.05, 0.1) is 6.26 Å². The highest BCUT2D eigenvalue weighted by Gasteiger charge is 1.99. The lowest BCUT2D eigenvalue weighted by Crippen LogP contribution is -1.85. The minimum Gasteiger partial charge on any atom is -0.466 e. The van der Waals surface area contributed by atoms with Gasteiger partial charge in [-0.1, -0.05) is 18.7 Å². The highest BCUT2D eigenvalue weighted by Crippen LogP contribution is 2.20. The molecule has 0 saturated heterocycles. The molecule has 16 heavy (non-hydrogen) atoms. The molecule has 0 amide bonds. The van der Waals surface area contributed by atoms with Crippen molar-refractivity contribution in [2.45, 2.75) is 13.3 Å². The Morgan fingerprint density at radius 1 is 1.19 bits per heavy atom. The minimum absolute atomic E-state index is 0.834. The number of ether oxygens (including phenoxy) is 1. The predicted octanol–water partition coefficient (Wildman–Crippen LogP) is 4.17. The number of benzene rings is 1. The van der Waals surface area contributed by atoms with Crippen LogP contribution in [-0.2, 0) is 6.42 Å². The summed E-state index contributed by atoms with van der Waals surface area (Å²) in [4.78, 5) is 2.76. The van der Waals surface area contributed by atoms with Crippen LogP contribution < -0.4 is 4.74 Å². The van der Waals surface area contributed by atoms with Crippen LogP contribution >= 0.6 is 11.3 Å². The van der Waals surface area contributed by atoms with Gasteiger partial charge in [0, 0.05) is 16.2 Å². The third kappa shape index (κ3) is 2.74. The van der Waals surface area contributed by atoms with Gasteiger partial charge in [0.2, 0.25) is 0 Å². The molecule has 0 spiro atoms. The zero-order valence-corrected chi connectivity index (χ0v) is 10.1. The summed E-state index contributed by atoms with van der Waals surface area (Å²) in [5.74, 6) is 0.834. The van der Waals surface area contributed by atoms with E-state index in [-0.39, 0.29) is 0 Å². The smallest absolute Gasteiger partial charge is 0.126 e. The van der Waals surface area contributed by atoms with Crippen molar-refractivity contribution in [2.75, 3.05) is 0 Å². The fraction of sp³-hybridized carbons (Fsp3) is 0.143. The standard InChI is InChI=1S/C14H14OS/c1-3-15-13-7-5-12(6-8-13)10-14-9-4-11(2)16-14/h3-9H,1,10H2,2H3. The molecule has 1 heterocycles. The lowest BCUT2D eigenvalue weighted by molar-refractivity contribution is 0.483. The molecule has 0 atom stereocenters. The highest BCUT2D eigenvalue weighted by atomic mass is 32.1. The summed E-state index contributed by atoms with van der Waals surface area (Å²) in [6.45, 7) is 5.66. The number of thiophene rings is 1. The number of aryl methyl sites for hydroxylation is 1. The van der Waals surface area contributed by atoms with Gasteiger partial charge in [-0.15, -0.1) is 11.3 Å². The average molecular weight is 230 g/mol. The van der Waals surface area contributed by atoms with Crippen molar-refractivity contribution < 1.29 is 4.74 Å². The molecule has 0 aliphatic rings. The summed E-state index contributed by atoms with van der Waals surface area (Å²) in [6.07, 6.45) is 2.44. The van der Waals surface area contributed by atoms with Crippen molar-refractivity contribution in [3.05, 3.63) is 64.6 Å². The van der Waals surface area contributed by atoms with E-state index >= 15 is 0 Å². The van der Waals surface area contributed by atoms with E-state index in [2.05, 4.69) is 37.8 Å².